The van der Waals surface area contributed by atoms with Gasteiger partial charge in [-0.25, -0.2) is 15.0 Å². The summed E-state index contributed by atoms with van der Waals surface area (Å²) < 4.78 is 8.75. The van der Waals surface area contributed by atoms with Gasteiger partial charge < -0.3 is 4.42 Å². The van der Waals surface area contributed by atoms with Crippen LogP contribution in [0.3, 0.4) is 0 Å². The van der Waals surface area contributed by atoms with Crippen molar-refractivity contribution in [3.05, 3.63) is 122 Å². The largest absolute Gasteiger partial charge is 0.454 e. The molecule has 196 valence electrons. The Morgan fingerprint density at radius 3 is 2.05 bits per heavy atom. The van der Waals surface area contributed by atoms with E-state index < -0.39 is 0 Å². The van der Waals surface area contributed by atoms with Crippen LogP contribution in [0.1, 0.15) is 0 Å². The second kappa shape index (κ2) is 8.78. The third-order valence-corrected chi connectivity index (χ3v) is 7.79. The van der Waals surface area contributed by atoms with E-state index in [-0.39, 0.29) is 0 Å². The van der Waals surface area contributed by atoms with Crippen molar-refractivity contribution < 1.29 is 4.42 Å². The number of fused-ring (bicyclic) bond motifs is 8. The average molecular weight is 541 g/mol. The number of aromatic nitrogens is 6. The lowest BCUT2D eigenvalue weighted by Gasteiger charge is -2.11. The first-order valence-corrected chi connectivity index (χ1v) is 13.7. The van der Waals surface area contributed by atoms with E-state index in [1.54, 1.807) is 6.33 Å². The van der Waals surface area contributed by atoms with Gasteiger partial charge in [0.2, 0.25) is 5.95 Å². The highest BCUT2D eigenvalue weighted by atomic mass is 16.3. The molecule has 42 heavy (non-hydrogen) atoms. The van der Waals surface area contributed by atoms with Crippen LogP contribution in [0.2, 0.25) is 0 Å². The van der Waals surface area contributed by atoms with E-state index in [1.165, 1.54) is 0 Å². The summed E-state index contributed by atoms with van der Waals surface area (Å²) in [6, 6.07) is 36.7. The van der Waals surface area contributed by atoms with Crippen LogP contribution >= 0.6 is 0 Å². The van der Waals surface area contributed by atoms with E-state index in [4.69, 9.17) is 19.4 Å². The Morgan fingerprint density at radius 2 is 1.29 bits per heavy atom. The van der Waals surface area contributed by atoms with Gasteiger partial charge in [-0.2, -0.15) is 9.97 Å². The minimum Gasteiger partial charge on any atom is -0.454 e. The smallest absolute Gasteiger partial charge is 0.238 e. The fourth-order valence-electron chi connectivity index (χ4n) is 5.86. The Labute approximate surface area is 238 Å². The molecule has 0 unspecified atom stereocenters. The van der Waals surface area contributed by atoms with Gasteiger partial charge in [0.25, 0.3) is 0 Å². The van der Waals surface area contributed by atoms with Gasteiger partial charge in [-0.3, -0.25) is 4.57 Å². The molecule has 0 spiro atoms. The van der Waals surface area contributed by atoms with Crippen molar-refractivity contribution in [2.45, 2.75) is 0 Å². The standard InChI is InChI=1S/C35H20N6O/c1-3-9-21(10-4-1)33-38-34(22-11-5-2-6-12-22)40-35(39-33)41-29-14-8-7-13-24(29)25-15-16-26-27-18-28-23(19-36-20-37-28)17-30(27)42-32(26)31(25)41/h1-20H. The lowest BCUT2D eigenvalue weighted by Crippen LogP contribution is -2.06. The molecule has 0 atom stereocenters. The first-order valence-electron chi connectivity index (χ1n) is 13.7. The monoisotopic (exact) mass is 540 g/mol. The van der Waals surface area contributed by atoms with Gasteiger partial charge in [-0.15, -0.1) is 0 Å². The zero-order chi connectivity index (χ0) is 27.6. The van der Waals surface area contributed by atoms with Gasteiger partial charge in [0.15, 0.2) is 17.2 Å². The molecule has 7 heteroatoms. The van der Waals surface area contributed by atoms with Gasteiger partial charge in [0, 0.05) is 44.3 Å². The topological polar surface area (TPSA) is 82.5 Å². The molecule has 0 fully saturated rings. The highest BCUT2D eigenvalue weighted by Crippen LogP contribution is 2.40. The van der Waals surface area contributed by atoms with Crippen molar-refractivity contribution >= 4 is 54.6 Å². The van der Waals surface area contributed by atoms with Crippen molar-refractivity contribution in [2.75, 3.05) is 0 Å². The van der Waals surface area contributed by atoms with Crippen molar-refractivity contribution in [3.8, 4) is 28.7 Å². The summed E-state index contributed by atoms with van der Waals surface area (Å²) in [5, 5.41) is 5.08. The molecule has 0 N–H and O–H groups in total. The highest BCUT2D eigenvalue weighted by molar-refractivity contribution is 6.22. The summed E-state index contributed by atoms with van der Waals surface area (Å²) in [5.41, 5.74) is 6.15. The van der Waals surface area contributed by atoms with Gasteiger partial charge in [0.1, 0.15) is 17.4 Å². The van der Waals surface area contributed by atoms with E-state index in [0.717, 1.165) is 65.8 Å². The van der Waals surface area contributed by atoms with Crippen LogP contribution in [0.4, 0.5) is 0 Å². The first kappa shape index (κ1) is 22.8. The Kier molecular flexibility index (Phi) is 4.77. The summed E-state index contributed by atoms with van der Waals surface area (Å²) in [5.74, 6) is 1.73. The maximum atomic E-state index is 6.65. The minimum atomic E-state index is 0.526. The number of hydrogen-bond donors (Lipinski definition) is 0. The van der Waals surface area contributed by atoms with Crippen molar-refractivity contribution in [2.24, 2.45) is 0 Å². The van der Waals surface area contributed by atoms with Gasteiger partial charge in [-0.05, 0) is 24.3 Å². The molecule has 0 bridgehead atoms. The normalized spacial score (nSPS) is 11.8. The summed E-state index contributed by atoms with van der Waals surface area (Å²) >= 11 is 0. The fraction of sp³-hybridized carbons (Fsp3) is 0. The zero-order valence-electron chi connectivity index (χ0n) is 22.1. The van der Waals surface area contributed by atoms with Crippen LogP contribution in [0.25, 0.3) is 83.4 Å². The third-order valence-electron chi connectivity index (χ3n) is 7.79. The molecule has 5 aromatic carbocycles. The zero-order valence-corrected chi connectivity index (χ0v) is 22.1. The fourth-order valence-corrected chi connectivity index (χ4v) is 5.86. The summed E-state index contributed by atoms with van der Waals surface area (Å²) in [6.45, 7) is 0. The molecule has 4 heterocycles. The van der Waals surface area contributed by atoms with E-state index in [1.807, 2.05) is 79.0 Å². The molecule has 4 aromatic heterocycles. The number of benzene rings is 5. The predicted molar refractivity (Wildman–Crippen MR) is 165 cm³/mol. The number of nitrogens with zero attached hydrogens (tertiary/aromatic N) is 6. The summed E-state index contributed by atoms with van der Waals surface area (Å²) in [4.78, 5) is 23.7. The van der Waals surface area contributed by atoms with Crippen LogP contribution in [-0.2, 0) is 0 Å². The lowest BCUT2D eigenvalue weighted by molar-refractivity contribution is 0.671. The Morgan fingerprint density at radius 1 is 0.595 bits per heavy atom. The third kappa shape index (κ3) is 3.37. The van der Waals surface area contributed by atoms with Crippen LogP contribution < -0.4 is 0 Å². The lowest BCUT2D eigenvalue weighted by atomic mass is 10.1. The van der Waals surface area contributed by atoms with E-state index in [2.05, 4.69) is 50.9 Å². The molecule has 9 aromatic rings. The molecule has 0 saturated carbocycles. The number of hydrogen-bond acceptors (Lipinski definition) is 6. The van der Waals surface area contributed by atoms with E-state index in [9.17, 15) is 0 Å². The quantitative estimate of drug-likeness (QED) is 0.225. The molecule has 7 nitrogen and oxygen atoms in total. The predicted octanol–water partition coefficient (Wildman–Crippen LogP) is 8.15. The SMILES string of the molecule is c1ccc(-c2nc(-c3ccccc3)nc(-n3c4ccccc4c4ccc5c6cc7ncncc7cc6oc5c43)n2)cc1. The number of rotatable bonds is 3. The van der Waals surface area contributed by atoms with Crippen LogP contribution in [0, 0.1) is 0 Å². The molecule has 0 aliphatic carbocycles. The molecule has 0 aliphatic rings. The van der Waals surface area contributed by atoms with Gasteiger partial charge in [0.05, 0.1) is 11.0 Å². The van der Waals surface area contributed by atoms with Crippen molar-refractivity contribution in [1.29, 1.82) is 0 Å². The average Bonchev–Trinajstić information content (AvgIpc) is 3.59. The van der Waals surface area contributed by atoms with Crippen molar-refractivity contribution in [1.82, 2.24) is 29.5 Å². The Balaban J connectivity index is 1.42. The Hall–Kier alpha value is -5.95. The van der Waals surface area contributed by atoms with Crippen LogP contribution in [0.15, 0.2) is 126 Å². The highest BCUT2D eigenvalue weighted by Gasteiger charge is 2.22. The van der Waals surface area contributed by atoms with Crippen LogP contribution in [0.5, 0.6) is 0 Å². The minimum absolute atomic E-state index is 0.526. The number of furan rings is 1. The second-order valence-electron chi connectivity index (χ2n) is 10.2. The van der Waals surface area contributed by atoms with Gasteiger partial charge in [-0.1, -0.05) is 84.9 Å². The molecule has 9 rings (SSSR count). The maximum absolute atomic E-state index is 6.65. The van der Waals surface area contributed by atoms with Crippen LogP contribution in [-0.4, -0.2) is 29.5 Å². The Bertz CT molecular complexity index is 2410. The summed E-state index contributed by atoms with van der Waals surface area (Å²) in [7, 11) is 0. The molecule has 0 amide bonds. The van der Waals surface area contributed by atoms with Gasteiger partial charge >= 0.3 is 0 Å². The van der Waals surface area contributed by atoms with Crippen molar-refractivity contribution in [3.63, 3.8) is 0 Å². The molecular formula is C35H20N6O. The molecule has 0 radical (unpaired) electrons. The maximum Gasteiger partial charge on any atom is 0.238 e. The van der Waals surface area contributed by atoms with E-state index >= 15 is 0 Å². The number of para-hydroxylation sites is 1. The molecular weight excluding hydrogens is 520 g/mol. The molecule has 0 saturated heterocycles. The summed E-state index contributed by atoms with van der Waals surface area (Å²) in [6.07, 6.45) is 3.38. The second-order valence-corrected chi connectivity index (χ2v) is 10.2. The van der Waals surface area contributed by atoms with E-state index in [0.29, 0.717) is 17.6 Å². The first-order chi connectivity index (χ1) is 20.8. The molecule has 0 aliphatic heterocycles.